The molecule has 0 saturated heterocycles. The molecule has 0 aliphatic carbocycles. The summed E-state index contributed by atoms with van der Waals surface area (Å²) in [5, 5.41) is 0.843. The Morgan fingerprint density at radius 2 is 1.92 bits per heavy atom. The second-order valence-electron chi connectivity index (χ2n) is 4.97. The molecule has 0 aliphatic rings. The van der Waals surface area contributed by atoms with E-state index >= 15 is 0 Å². The number of hydrogen-bond acceptors (Lipinski definition) is 5. The quantitative estimate of drug-likeness (QED) is 0.570. The van der Waals surface area contributed by atoms with Crippen molar-refractivity contribution in [1.29, 1.82) is 0 Å². The first-order chi connectivity index (χ1) is 11.4. The molecule has 0 fully saturated rings. The number of benzene rings is 1. The van der Waals surface area contributed by atoms with Crippen molar-refractivity contribution in [3.05, 3.63) is 74.3 Å². The maximum absolute atomic E-state index is 12.1. The molecule has 122 valence electrons. The molecular formula is C16H11Cl2N3O3. The van der Waals surface area contributed by atoms with Gasteiger partial charge in [-0.2, -0.15) is 0 Å². The Morgan fingerprint density at radius 3 is 2.67 bits per heavy atom. The van der Waals surface area contributed by atoms with Crippen molar-refractivity contribution in [2.24, 2.45) is 0 Å². The van der Waals surface area contributed by atoms with Crippen molar-refractivity contribution in [2.75, 3.05) is 5.73 Å². The number of hydrogen-bond donors (Lipinski definition) is 1. The lowest BCUT2D eigenvalue weighted by molar-refractivity contribution is 0.0469. The predicted molar refractivity (Wildman–Crippen MR) is 91.5 cm³/mol. The lowest BCUT2D eigenvalue weighted by atomic mass is 10.2. The summed E-state index contributed by atoms with van der Waals surface area (Å²) in [7, 11) is 0. The van der Waals surface area contributed by atoms with Crippen LogP contribution >= 0.6 is 23.2 Å². The van der Waals surface area contributed by atoms with Crippen LogP contribution < -0.4 is 11.3 Å². The fourth-order valence-electron chi connectivity index (χ4n) is 2.14. The number of carbonyl (C=O) groups is 1. The van der Waals surface area contributed by atoms with Crippen LogP contribution in [0.1, 0.15) is 16.1 Å². The van der Waals surface area contributed by atoms with Gasteiger partial charge in [0.2, 0.25) is 0 Å². The average Bonchev–Trinajstić information content (AvgIpc) is 2.53. The summed E-state index contributed by atoms with van der Waals surface area (Å²) in [5.74, 6) is -0.623. The monoisotopic (exact) mass is 363 g/mol. The molecule has 3 rings (SSSR count). The lowest BCUT2D eigenvalue weighted by Crippen LogP contribution is -2.16. The van der Waals surface area contributed by atoms with Gasteiger partial charge in [0.25, 0.3) is 5.56 Å². The summed E-state index contributed by atoms with van der Waals surface area (Å²) < 4.78 is 6.47. The third-order valence-corrected chi connectivity index (χ3v) is 3.72. The van der Waals surface area contributed by atoms with Crippen LogP contribution in [-0.4, -0.2) is 15.4 Å². The minimum atomic E-state index is -0.623. The zero-order chi connectivity index (χ0) is 17.3. The molecule has 2 heterocycles. The van der Waals surface area contributed by atoms with Crippen LogP contribution in [-0.2, 0) is 11.3 Å². The molecule has 0 bridgehead atoms. The van der Waals surface area contributed by atoms with Crippen LogP contribution in [0.5, 0.6) is 0 Å². The SMILES string of the molecule is Nc1cc(Cl)ccc1C(=O)OCc1cc(=O)n2cc(Cl)ccc2n1. The van der Waals surface area contributed by atoms with Crippen LogP contribution in [0.15, 0.2) is 47.4 Å². The number of halogens is 2. The molecule has 0 unspecified atom stereocenters. The maximum atomic E-state index is 12.1. The second kappa shape index (κ2) is 6.51. The Bertz CT molecular complexity index is 1000. The van der Waals surface area contributed by atoms with Crippen LogP contribution in [0.3, 0.4) is 0 Å². The Labute approximate surface area is 146 Å². The molecule has 0 aliphatic heterocycles. The van der Waals surface area contributed by atoms with E-state index in [9.17, 15) is 9.59 Å². The first kappa shape index (κ1) is 16.3. The highest BCUT2D eigenvalue weighted by Gasteiger charge is 2.13. The third kappa shape index (κ3) is 3.34. The molecule has 8 heteroatoms. The van der Waals surface area contributed by atoms with E-state index in [1.54, 1.807) is 18.2 Å². The average molecular weight is 364 g/mol. The molecule has 1 aromatic carbocycles. The summed E-state index contributed by atoms with van der Waals surface area (Å²) in [4.78, 5) is 28.4. The van der Waals surface area contributed by atoms with Crippen molar-refractivity contribution < 1.29 is 9.53 Å². The smallest absolute Gasteiger partial charge is 0.340 e. The van der Waals surface area contributed by atoms with Gasteiger partial charge in [-0.05, 0) is 30.3 Å². The van der Waals surface area contributed by atoms with Gasteiger partial charge in [0.05, 0.1) is 16.3 Å². The fraction of sp³-hybridized carbons (Fsp3) is 0.0625. The highest BCUT2D eigenvalue weighted by molar-refractivity contribution is 6.31. The Hall–Kier alpha value is -2.57. The van der Waals surface area contributed by atoms with Gasteiger partial charge >= 0.3 is 5.97 Å². The highest BCUT2D eigenvalue weighted by atomic mass is 35.5. The molecule has 0 amide bonds. The second-order valence-corrected chi connectivity index (χ2v) is 5.84. The number of rotatable bonds is 3. The largest absolute Gasteiger partial charge is 0.456 e. The Kier molecular flexibility index (Phi) is 4.42. The van der Waals surface area contributed by atoms with E-state index in [1.165, 1.54) is 28.8 Å². The van der Waals surface area contributed by atoms with Gasteiger partial charge in [0, 0.05) is 23.0 Å². The van der Waals surface area contributed by atoms with Crippen molar-refractivity contribution in [1.82, 2.24) is 9.38 Å². The van der Waals surface area contributed by atoms with E-state index in [4.69, 9.17) is 33.7 Å². The summed E-state index contributed by atoms with van der Waals surface area (Å²) in [6.45, 7) is -0.157. The Morgan fingerprint density at radius 1 is 1.17 bits per heavy atom. The van der Waals surface area contributed by atoms with E-state index in [-0.39, 0.29) is 23.4 Å². The molecule has 2 aromatic heterocycles. The first-order valence-electron chi connectivity index (χ1n) is 6.84. The Balaban J connectivity index is 1.81. The molecule has 0 spiro atoms. The summed E-state index contributed by atoms with van der Waals surface area (Å²) >= 11 is 11.6. The van der Waals surface area contributed by atoms with E-state index in [0.29, 0.717) is 21.4 Å². The number of fused-ring (bicyclic) bond motifs is 1. The van der Waals surface area contributed by atoms with E-state index < -0.39 is 5.97 Å². The van der Waals surface area contributed by atoms with E-state index in [2.05, 4.69) is 4.98 Å². The van der Waals surface area contributed by atoms with Crippen LogP contribution in [0.25, 0.3) is 5.65 Å². The maximum Gasteiger partial charge on any atom is 0.340 e. The van der Waals surface area contributed by atoms with Crippen LogP contribution in [0, 0.1) is 0 Å². The van der Waals surface area contributed by atoms with Crippen molar-refractivity contribution in [3.63, 3.8) is 0 Å². The summed E-state index contributed by atoms with van der Waals surface area (Å²) in [6.07, 6.45) is 1.47. The van der Waals surface area contributed by atoms with E-state index in [1.807, 2.05) is 0 Å². The topological polar surface area (TPSA) is 86.7 Å². The molecule has 0 atom stereocenters. The molecule has 6 nitrogen and oxygen atoms in total. The number of nitrogen functional groups attached to an aromatic ring is 1. The molecule has 0 saturated carbocycles. The predicted octanol–water partition coefficient (Wildman–Crippen LogP) is 2.94. The zero-order valence-corrected chi connectivity index (χ0v) is 13.7. The molecule has 2 N–H and O–H groups in total. The minimum Gasteiger partial charge on any atom is -0.456 e. The van der Waals surface area contributed by atoms with E-state index in [0.717, 1.165) is 0 Å². The van der Waals surface area contributed by atoms with Crippen molar-refractivity contribution in [3.8, 4) is 0 Å². The third-order valence-electron chi connectivity index (χ3n) is 3.26. The number of aromatic nitrogens is 2. The van der Waals surface area contributed by atoms with Gasteiger partial charge in [0.1, 0.15) is 12.3 Å². The standard InChI is InChI=1S/C16H11Cl2N3O3/c17-9-1-3-12(13(19)5-9)16(23)24-8-11-6-15(22)21-7-10(18)2-4-14(21)20-11/h1-7H,8,19H2. The highest BCUT2D eigenvalue weighted by Crippen LogP contribution is 2.19. The molecular weight excluding hydrogens is 353 g/mol. The zero-order valence-electron chi connectivity index (χ0n) is 12.2. The normalized spacial score (nSPS) is 10.8. The number of nitrogens with zero attached hydrogens (tertiary/aromatic N) is 2. The molecule has 0 radical (unpaired) electrons. The van der Waals surface area contributed by atoms with Crippen LogP contribution in [0.4, 0.5) is 5.69 Å². The summed E-state index contributed by atoms with van der Waals surface area (Å²) in [6, 6.07) is 8.98. The van der Waals surface area contributed by atoms with Gasteiger partial charge in [-0.25, -0.2) is 9.78 Å². The van der Waals surface area contributed by atoms with Gasteiger partial charge in [-0.3, -0.25) is 9.20 Å². The number of anilines is 1. The van der Waals surface area contributed by atoms with Gasteiger partial charge in [0.15, 0.2) is 0 Å². The van der Waals surface area contributed by atoms with Gasteiger partial charge in [-0.1, -0.05) is 23.2 Å². The van der Waals surface area contributed by atoms with Crippen molar-refractivity contribution >= 4 is 40.5 Å². The summed E-state index contributed by atoms with van der Waals surface area (Å²) in [5.41, 5.74) is 6.56. The number of nitrogens with two attached hydrogens (primary N) is 1. The first-order valence-corrected chi connectivity index (χ1v) is 7.59. The molecule has 24 heavy (non-hydrogen) atoms. The number of ether oxygens (including phenoxy) is 1. The van der Waals surface area contributed by atoms with Gasteiger partial charge < -0.3 is 10.5 Å². The lowest BCUT2D eigenvalue weighted by Gasteiger charge is -2.08. The fourth-order valence-corrected chi connectivity index (χ4v) is 2.48. The minimum absolute atomic E-state index is 0.157. The number of carbonyl (C=O) groups excluding carboxylic acids is 1. The number of pyridine rings is 1. The van der Waals surface area contributed by atoms with Crippen molar-refractivity contribution in [2.45, 2.75) is 6.61 Å². The molecule has 3 aromatic rings. The van der Waals surface area contributed by atoms with Gasteiger partial charge in [-0.15, -0.1) is 0 Å². The number of esters is 1. The van der Waals surface area contributed by atoms with Crippen LogP contribution in [0.2, 0.25) is 10.0 Å².